The highest BCUT2D eigenvalue weighted by atomic mass is 16.5. The average molecular weight is 391 g/mol. The van der Waals surface area contributed by atoms with Crippen molar-refractivity contribution in [1.29, 1.82) is 0 Å². The summed E-state index contributed by atoms with van der Waals surface area (Å²) in [5, 5.41) is 7.19. The zero-order valence-electron chi connectivity index (χ0n) is 16.5. The predicted molar refractivity (Wildman–Crippen MR) is 108 cm³/mol. The number of urea groups is 1. The Bertz CT molecular complexity index is 881. The molecule has 1 saturated heterocycles. The van der Waals surface area contributed by atoms with E-state index in [1.807, 2.05) is 47.4 Å². The third kappa shape index (κ3) is 4.80. The topological polar surface area (TPSA) is 84.2 Å². The van der Waals surface area contributed by atoms with E-state index in [2.05, 4.69) is 20.4 Å². The summed E-state index contributed by atoms with van der Waals surface area (Å²) < 4.78 is 5.05. The van der Waals surface area contributed by atoms with Crippen molar-refractivity contribution in [3.63, 3.8) is 0 Å². The maximum atomic E-state index is 13.0. The molecule has 2 aromatic heterocycles. The molecule has 1 aliphatic heterocycles. The van der Waals surface area contributed by atoms with Gasteiger partial charge in [-0.1, -0.05) is 35.5 Å². The van der Waals surface area contributed by atoms with Crippen molar-refractivity contribution in [3.8, 4) is 0 Å². The number of benzene rings is 1. The van der Waals surface area contributed by atoms with Gasteiger partial charge in [0.1, 0.15) is 0 Å². The molecule has 0 bridgehead atoms. The molecule has 3 aromatic rings. The lowest BCUT2D eigenvalue weighted by atomic mass is 9.93. The van der Waals surface area contributed by atoms with Gasteiger partial charge in [0, 0.05) is 38.8 Å². The number of rotatable bonds is 5. The first-order valence-corrected chi connectivity index (χ1v) is 9.98. The van der Waals surface area contributed by atoms with Crippen LogP contribution in [-0.4, -0.2) is 39.1 Å². The molecule has 2 amide bonds. The normalized spacial score (nSPS) is 15.8. The Morgan fingerprint density at radius 2 is 1.83 bits per heavy atom. The molecule has 0 radical (unpaired) electrons. The van der Waals surface area contributed by atoms with Crippen molar-refractivity contribution < 1.29 is 9.32 Å². The van der Waals surface area contributed by atoms with E-state index in [4.69, 9.17) is 4.52 Å². The van der Waals surface area contributed by atoms with Crippen LogP contribution in [0.25, 0.3) is 0 Å². The fourth-order valence-electron chi connectivity index (χ4n) is 3.80. The minimum absolute atomic E-state index is 0.0375. The van der Waals surface area contributed by atoms with E-state index in [-0.39, 0.29) is 12.1 Å². The Hall–Kier alpha value is -3.22. The predicted octanol–water partition coefficient (Wildman–Crippen LogP) is 3.53. The highest BCUT2D eigenvalue weighted by Crippen LogP contribution is 2.24. The van der Waals surface area contributed by atoms with Gasteiger partial charge in [-0.2, -0.15) is 4.98 Å². The van der Waals surface area contributed by atoms with E-state index >= 15 is 0 Å². The van der Waals surface area contributed by atoms with Gasteiger partial charge in [0.05, 0.1) is 6.04 Å². The maximum absolute atomic E-state index is 13.0. The van der Waals surface area contributed by atoms with E-state index < -0.39 is 0 Å². The zero-order chi connectivity index (χ0) is 20.1. The van der Waals surface area contributed by atoms with Gasteiger partial charge in [0.25, 0.3) is 0 Å². The second-order valence-electron chi connectivity index (χ2n) is 7.44. The van der Waals surface area contributed by atoms with Crippen molar-refractivity contribution in [1.82, 2.24) is 25.3 Å². The summed E-state index contributed by atoms with van der Waals surface area (Å²) in [5.41, 5.74) is 2.07. The Morgan fingerprint density at radius 1 is 1.14 bits per heavy atom. The van der Waals surface area contributed by atoms with Crippen LogP contribution in [0.4, 0.5) is 4.79 Å². The lowest BCUT2D eigenvalue weighted by Crippen LogP contribution is -2.46. The lowest BCUT2D eigenvalue weighted by molar-refractivity contribution is 0.167. The Labute approximate surface area is 170 Å². The van der Waals surface area contributed by atoms with Crippen LogP contribution >= 0.6 is 0 Å². The summed E-state index contributed by atoms with van der Waals surface area (Å²) in [7, 11) is 0. The van der Waals surface area contributed by atoms with Crippen molar-refractivity contribution in [2.75, 3.05) is 13.1 Å². The van der Waals surface area contributed by atoms with Crippen LogP contribution < -0.4 is 5.32 Å². The minimum atomic E-state index is -0.202. The first kappa shape index (κ1) is 19.1. The van der Waals surface area contributed by atoms with Crippen molar-refractivity contribution >= 4 is 6.03 Å². The highest BCUT2D eigenvalue weighted by molar-refractivity contribution is 5.75. The summed E-state index contributed by atoms with van der Waals surface area (Å²) in [6, 6.07) is 13.7. The van der Waals surface area contributed by atoms with Gasteiger partial charge in [-0.3, -0.25) is 4.98 Å². The zero-order valence-corrected chi connectivity index (χ0v) is 16.5. The number of nitrogens with one attached hydrogen (secondary N) is 1. The van der Waals surface area contributed by atoms with Crippen LogP contribution in [0.2, 0.25) is 0 Å². The first-order chi connectivity index (χ1) is 14.2. The molecule has 7 heteroatoms. The van der Waals surface area contributed by atoms with Crippen LogP contribution in [0.3, 0.4) is 0 Å². The number of aromatic nitrogens is 3. The smallest absolute Gasteiger partial charge is 0.318 e. The van der Waals surface area contributed by atoms with Crippen molar-refractivity contribution in [2.24, 2.45) is 5.92 Å². The Morgan fingerprint density at radius 3 is 2.48 bits per heavy atom. The third-order valence-electron chi connectivity index (χ3n) is 5.38. The van der Waals surface area contributed by atoms with Gasteiger partial charge in [0.15, 0.2) is 5.82 Å². The molecule has 4 rings (SSSR count). The van der Waals surface area contributed by atoms with Crippen molar-refractivity contribution in [3.05, 3.63) is 77.7 Å². The molecule has 1 aliphatic rings. The molecular weight excluding hydrogens is 366 g/mol. The first-order valence-electron chi connectivity index (χ1n) is 9.98. The van der Waals surface area contributed by atoms with Gasteiger partial charge < -0.3 is 14.7 Å². The number of carbonyl (C=O) groups is 1. The van der Waals surface area contributed by atoms with E-state index in [0.717, 1.165) is 49.3 Å². The van der Waals surface area contributed by atoms with Crippen LogP contribution in [0, 0.1) is 12.8 Å². The summed E-state index contributed by atoms with van der Waals surface area (Å²) in [6.07, 6.45) is 6.18. The SMILES string of the molecule is Cc1nc(CC2CCN(C(=O)NC(c3ccccc3)c3ccncc3)CC2)no1. The lowest BCUT2D eigenvalue weighted by Gasteiger charge is -2.33. The Balaban J connectivity index is 1.38. The maximum Gasteiger partial charge on any atom is 0.318 e. The molecule has 1 atom stereocenters. The molecule has 0 saturated carbocycles. The van der Waals surface area contributed by atoms with Gasteiger partial charge in [0.2, 0.25) is 5.89 Å². The molecule has 29 heavy (non-hydrogen) atoms. The summed E-state index contributed by atoms with van der Waals surface area (Å²) >= 11 is 0. The van der Waals surface area contributed by atoms with Gasteiger partial charge >= 0.3 is 6.03 Å². The second-order valence-corrected chi connectivity index (χ2v) is 7.44. The molecule has 1 aromatic carbocycles. The fraction of sp³-hybridized carbons (Fsp3) is 0.364. The van der Waals surface area contributed by atoms with E-state index in [1.165, 1.54) is 0 Å². The molecule has 1 fully saturated rings. The minimum Gasteiger partial charge on any atom is -0.340 e. The molecule has 150 valence electrons. The fourth-order valence-corrected chi connectivity index (χ4v) is 3.80. The van der Waals surface area contributed by atoms with E-state index in [1.54, 1.807) is 19.3 Å². The number of amides is 2. The number of nitrogens with zero attached hydrogens (tertiary/aromatic N) is 4. The van der Waals surface area contributed by atoms with Crippen LogP contribution in [-0.2, 0) is 6.42 Å². The molecule has 3 heterocycles. The van der Waals surface area contributed by atoms with Crippen LogP contribution in [0.5, 0.6) is 0 Å². The average Bonchev–Trinajstić information content (AvgIpc) is 3.18. The van der Waals surface area contributed by atoms with Gasteiger partial charge in [-0.15, -0.1) is 0 Å². The standard InChI is InChI=1S/C22H25N5O2/c1-16-24-20(26-29-16)15-17-9-13-27(14-10-17)22(28)25-21(18-5-3-2-4-6-18)19-7-11-23-12-8-19/h2-8,11-12,17,21H,9-10,13-15H2,1H3,(H,25,28). The third-order valence-corrected chi connectivity index (χ3v) is 5.38. The number of hydrogen-bond donors (Lipinski definition) is 1. The summed E-state index contributed by atoms with van der Waals surface area (Å²) in [6.45, 7) is 3.26. The summed E-state index contributed by atoms with van der Waals surface area (Å²) in [4.78, 5) is 23.3. The van der Waals surface area contributed by atoms with E-state index in [9.17, 15) is 4.79 Å². The molecule has 7 nitrogen and oxygen atoms in total. The Kier molecular flexibility index (Phi) is 5.84. The number of piperidine rings is 1. The molecule has 1 N–H and O–H groups in total. The monoisotopic (exact) mass is 391 g/mol. The second kappa shape index (κ2) is 8.86. The molecule has 1 unspecified atom stereocenters. The van der Waals surface area contributed by atoms with Crippen molar-refractivity contribution in [2.45, 2.75) is 32.2 Å². The van der Waals surface area contributed by atoms with Crippen LogP contribution in [0.15, 0.2) is 59.4 Å². The molecule has 0 aliphatic carbocycles. The number of likely N-dealkylation sites (tertiary alicyclic amines) is 1. The quantitative estimate of drug-likeness (QED) is 0.719. The highest BCUT2D eigenvalue weighted by Gasteiger charge is 2.26. The number of aryl methyl sites for hydroxylation is 1. The number of carbonyl (C=O) groups excluding carboxylic acids is 1. The number of hydrogen-bond acceptors (Lipinski definition) is 5. The molecular formula is C22H25N5O2. The van der Waals surface area contributed by atoms with Gasteiger partial charge in [-0.05, 0) is 42.0 Å². The summed E-state index contributed by atoms with van der Waals surface area (Å²) in [5.74, 6) is 1.83. The largest absolute Gasteiger partial charge is 0.340 e. The number of pyridine rings is 1. The van der Waals surface area contributed by atoms with Crippen LogP contribution in [0.1, 0.15) is 41.7 Å². The van der Waals surface area contributed by atoms with E-state index in [0.29, 0.717) is 11.8 Å². The molecule has 0 spiro atoms. The van der Waals surface area contributed by atoms with Gasteiger partial charge in [-0.25, -0.2) is 4.79 Å².